The van der Waals surface area contributed by atoms with Crippen molar-refractivity contribution in [2.45, 2.75) is 19.8 Å². The zero-order valence-corrected chi connectivity index (χ0v) is 19.1. The molecule has 0 bridgehead atoms. The average Bonchev–Trinajstić information content (AvgIpc) is 2.81. The molecule has 33 heavy (non-hydrogen) atoms. The molecule has 6 nitrogen and oxygen atoms in total. The summed E-state index contributed by atoms with van der Waals surface area (Å²) in [6.45, 7) is 3.15. The largest absolute Gasteiger partial charge is 0.494 e. The monoisotopic (exact) mass is 464 g/mol. The number of fused-ring (bicyclic) bond motifs is 1. The van der Waals surface area contributed by atoms with E-state index in [9.17, 15) is 9.59 Å². The number of anilines is 2. The Labute approximate surface area is 198 Å². The number of halogens is 1. The van der Waals surface area contributed by atoms with Crippen LogP contribution in [0.4, 0.5) is 11.4 Å². The third-order valence-electron chi connectivity index (χ3n) is 5.31. The van der Waals surface area contributed by atoms with E-state index in [1.807, 2.05) is 31.2 Å². The lowest BCUT2D eigenvalue weighted by molar-refractivity contribution is -0.121. The van der Waals surface area contributed by atoms with Crippen LogP contribution in [0.1, 0.15) is 28.8 Å². The first-order valence-electron chi connectivity index (χ1n) is 10.8. The Hall–Kier alpha value is -3.51. The summed E-state index contributed by atoms with van der Waals surface area (Å²) in [5.41, 5.74) is 2.87. The zero-order chi connectivity index (χ0) is 23.2. The van der Waals surface area contributed by atoms with Crippen LogP contribution >= 0.6 is 11.6 Å². The minimum absolute atomic E-state index is 0.00108. The van der Waals surface area contributed by atoms with Gasteiger partial charge >= 0.3 is 0 Å². The molecule has 0 radical (unpaired) electrons. The molecule has 0 unspecified atom stereocenters. The molecule has 1 aliphatic rings. The molecular weight excluding hydrogens is 440 g/mol. The van der Waals surface area contributed by atoms with E-state index >= 15 is 0 Å². The number of rotatable bonds is 8. The Morgan fingerprint density at radius 3 is 2.70 bits per heavy atom. The number of aryl methyl sites for hydroxylation is 1. The predicted octanol–water partition coefficient (Wildman–Crippen LogP) is 5.49. The van der Waals surface area contributed by atoms with E-state index < -0.39 is 0 Å². The van der Waals surface area contributed by atoms with E-state index in [1.165, 1.54) is 5.56 Å². The summed E-state index contributed by atoms with van der Waals surface area (Å²) in [6.07, 6.45) is 1.58. The number of nitrogens with zero attached hydrogens (tertiary/aromatic N) is 1. The SMILES string of the molecule is Cc1ccc(OCCCCN2C(=O)COc3ccc(NC(=O)c4cccc(Cl)c4)cc32)cc1. The van der Waals surface area contributed by atoms with Gasteiger partial charge < -0.3 is 19.7 Å². The number of hydrogen-bond donors (Lipinski definition) is 1. The standard InChI is InChI=1S/C26H25ClN2O4/c1-18-7-10-22(11-8-18)32-14-3-2-13-29-23-16-21(9-12-24(23)33-17-25(29)30)28-26(31)19-5-4-6-20(27)15-19/h4-12,15-16H,2-3,13-14,17H2,1H3,(H,28,31). The summed E-state index contributed by atoms with van der Waals surface area (Å²) in [6, 6.07) is 20.0. The van der Waals surface area contributed by atoms with E-state index in [4.69, 9.17) is 21.1 Å². The van der Waals surface area contributed by atoms with Gasteiger partial charge in [0.15, 0.2) is 6.61 Å². The molecule has 0 saturated carbocycles. The molecule has 3 aromatic rings. The lowest BCUT2D eigenvalue weighted by atomic mass is 10.1. The first-order chi connectivity index (χ1) is 16.0. The number of nitrogens with one attached hydrogen (secondary N) is 1. The lowest BCUT2D eigenvalue weighted by Gasteiger charge is -2.30. The Morgan fingerprint density at radius 2 is 1.91 bits per heavy atom. The summed E-state index contributed by atoms with van der Waals surface area (Å²) >= 11 is 5.98. The van der Waals surface area contributed by atoms with E-state index in [0.29, 0.717) is 40.9 Å². The van der Waals surface area contributed by atoms with Crippen LogP contribution in [-0.2, 0) is 4.79 Å². The van der Waals surface area contributed by atoms with Gasteiger partial charge in [0.1, 0.15) is 11.5 Å². The Kier molecular flexibility index (Phi) is 7.15. The second-order valence-corrected chi connectivity index (χ2v) is 8.29. The van der Waals surface area contributed by atoms with Crippen LogP contribution in [0.25, 0.3) is 0 Å². The zero-order valence-electron chi connectivity index (χ0n) is 18.3. The normalized spacial score (nSPS) is 12.7. The van der Waals surface area contributed by atoms with Crippen molar-refractivity contribution in [3.8, 4) is 11.5 Å². The second-order valence-electron chi connectivity index (χ2n) is 7.85. The van der Waals surface area contributed by atoms with Crippen LogP contribution in [0.15, 0.2) is 66.7 Å². The fourth-order valence-corrected chi connectivity index (χ4v) is 3.74. The van der Waals surface area contributed by atoms with Gasteiger partial charge in [0.25, 0.3) is 11.8 Å². The van der Waals surface area contributed by atoms with Gasteiger partial charge in [-0.3, -0.25) is 9.59 Å². The molecule has 1 N–H and O–H groups in total. The lowest BCUT2D eigenvalue weighted by Crippen LogP contribution is -2.39. The fourth-order valence-electron chi connectivity index (χ4n) is 3.55. The molecule has 0 aliphatic carbocycles. The van der Waals surface area contributed by atoms with Gasteiger partial charge in [-0.25, -0.2) is 0 Å². The number of hydrogen-bond acceptors (Lipinski definition) is 4. The summed E-state index contributed by atoms with van der Waals surface area (Å²) in [4.78, 5) is 26.8. The Bertz CT molecular complexity index is 1150. The van der Waals surface area contributed by atoms with Crippen molar-refractivity contribution in [1.82, 2.24) is 0 Å². The smallest absolute Gasteiger partial charge is 0.265 e. The first-order valence-corrected chi connectivity index (χ1v) is 11.2. The van der Waals surface area contributed by atoms with Crippen molar-refractivity contribution < 1.29 is 19.1 Å². The number of unbranched alkanes of at least 4 members (excludes halogenated alkanes) is 1. The van der Waals surface area contributed by atoms with Crippen molar-refractivity contribution in [1.29, 1.82) is 0 Å². The molecule has 0 fully saturated rings. The highest BCUT2D eigenvalue weighted by molar-refractivity contribution is 6.31. The van der Waals surface area contributed by atoms with Crippen LogP contribution in [0.5, 0.6) is 11.5 Å². The predicted molar refractivity (Wildman–Crippen MR) is 130 cm³/mol. The molecule has 1 aliphatic heterocycles. The van der Waals surface area contributed by atoms with Crippen LogP contribution in [0, 0.1) is 6.92 Å². The van der Waals surface area contributed by atoms with Crippen LogP contribution in [-0.4, -0.2) is 31.6 Å². The molecule has 3 aromatic carbocycles. The van der Waals surface area contributed by atoms with Crippen molar-refractivity contribution in [3.63, 3.8) is 0 Å². The topological polar surface area (TPSA) is 67.9 Å². The minimum Gasteiger partial charge on any atom is -0.494 e. The summed E-state index contributed by atoms with van der Waals surface area (Å²) in [5.74, 6) is 1.07. The molecule has 0 atom stereocenters. The van der Waals surface area contributed by atoms with Crippen molar-refractivity contribution in [2.24, 2.45) is 0 Å². The quantitative estimate of drug-likeness (QED) is 0.448. The summed E-state index contributed by atoms with van der Waals surface area (Å²) in [5, 5.41) is 3.35. The molecule has 4 rings (SSSR count). The highest BCUT2D eigenvalue weighted by Crippen LogP contribution is 2.35. The van der Waals surface area contributed by atoms with Crippen molar-refractivity contribution in [2.75, 3.05) is 30.0 Å². The average molecular weight is 465 g/mol. The van der Waals surface area contributed by atoms with Crippen molar-refractivity contribution in [3.05, 3.63) is 82.9 Å². The van der Waals surface area contributed by atoms with Crippen LogP contribution in [0.3, 0.4) is 0 Å². The van der Waals surface area contributed by atoms with E-state index in [0.717, 1.165) is 18.6 Å². The number of carbonyl (C=O) groups is 2. The molecule has 0 spiro atoms. The molecule has 7 heteroatoms. The maximum atomic E-state index is 12.6. The number of ether oxygens (including phenoxy) is 2. The number of benzene rings is 3. The van der Waals surface area contributed by atoms with Gasteiger partial charge in [0.2, 0.25) is 0 Å². The molecule has 0 aromatic heterocycles. The van der Waals surface area contributed by atoms with Crippen molar-refractivity contribution >= 4 is 34.8 Å². The van der Waals surface area contributed by atoms with Gasteiger partial charge in [-0.1, -0.05) is 35.4 Å². The Balaban J connectivity index is 1.37. The van der Waals surface area contributed by atoms with E-state index in [1.54, 1.807) is 47.4 Å². The van der Waals surface area contributed by atoms with E-state index in [2.05, 4.69) is 5.32 Å². The maximum Gasteiger partial charge on any atom is 0.265 e. The van der Waals surface area contributed by atoms with Crippen LogP contribution < -0.4 is 19.7 Å². The van der Waals surface area contributed by atoms with Crippen LogP contribution in [0.2, 0.25) is 5.02 Å². The highest BCUT2D eigenvalue weighted by Gasteiger charge is 2.25. The van der Waals surface area contributed by atoms with Gasteiger partial charge in [0, 0.05) is 22.8 Å². The minimum atomic E-state index is -0.277. The van der Waals surface area contributed by atoms with Gasteiger partial charge in [0.05, 0.1) is 12.3 Å². The molecule has 1 heterocycles. The third kappa shape index (κ3) is 5.84. The van der Waals surface area contributed by atoms with Gasteiger partial charge in [-0.05, 0) is 68.3 Å². The summed E-state index contributed by atoms with van der Waals surface area (Å²) < 4.78 is 11.4. The third-order valence-corrected chi connectivity index (χ3v) is 5.55. The highest BCUT2D eigenvalue weighted by atomic mass is 35.5. The molecular formula is C26H25ClN2O4. The molecule has 170 valence electrons. The maximum absolute atomic E-state index is 12.6. The first kappa shape index (κ1) is 22.7. The summed E-state index contributed by atoms with van der Waals surface area (Å²) in [7, 11) is 0. The fraction of sp³-hybridized carbons (Fsp3) is 0.231. The number of amides is 2. The molecule has 2 amide bonds. The Morgan fingerprint density at radius 1 is 1.09 bits per heavy atom. The van der Waals surface area contributed by atoms with Gasteiger partial charge in [-0.2, -0.15) is 0 Å². The van der Waals surface area contributed by atoms with Gasteiger partial charge in [-0.15, -0.1) is 0 Å². The van der Waals surface area contributed by atoms with E-state index in [-0.39, 0.29) is 18.4 Å². The second kappa shape index (κ2) is 10.4. The number of carbonyl (C=O) groups excluding carboxylic acids is 2. The molecule has 0 saturated heterocycles.